The second-order valence-corrected chi connectivity index (χ2v) is 33.3. The Morgan fingerprint density at radius 3 is 1.07 bits per heavy atom. The van der Waals surface area contributed by atoms with E-state index in [4.69, 9.17) is 43.7 Å². The van der Waals surface area contributed by atoms with Crippen LogP contribution < -0.4 is 0 Å². The lowest BCUT2D eigenvalue weighted by Crippen LogP contribution is -2.28. The van der Waals surface area contributed by atoms with Crippen molar-refractivity contribution in [2.24, 2.45) is 0 Å². The highest BCUT2D eigenvalue weighted by atomic mass is 16.3. The highest BCUT2D eigenvalue weighted by molar-refractivity contribution is 6.24. The van der Waals surface area contributed by atoms with Gasteiger partial charge in [0.05, 0.1) is 66.7 Å². The molecule has 0 amide bonds. The summed E-state index contributed by atoms with van der Waals surface area (Å²) >= 11 is 0. The predicted octanol–water partition coefficient (Wildman–Crippen LogP) is 29.9. The van der Waals surface area contributed by atoms with E-state index in [0.29, 0.717) is 29.4 Å². The monoisotopic (exact) mass is 1690 g/mol. The molecule has 12 heteroatoms. The zero-order chi connectivity index (χ0) is 87.2. The maximum absolute atomic E-state index is 6.45. The van der Waals surface area contributed by atoms with Crippen LogP contribution in [-0.4, -0.2) is 48.6 Å². The second kappa shape index (κ2) is 31.9. The summed E-state index contributed by atoms with van der Waals surface area (Å²) in [5.41, 5.74) is 28.4. The molecule has 0 saturated heterocycles. The molecule has 18 aromatic carbocycles. The van der Waals surface area contributed by atoms with Crippen molar-refractivity contribution in [3.63, 3.8) is 0 Å². The van der Waals surface area contributed by atoms with Crippen molar-refractivity contribution < 1.29 is 8.83 Å². The molecule has 0 bridgehead atoms. The van der Waals surface area contributed by atoms with Gasteiger partial charge in [0.1, 0.15) is 22.3 Å². The Bertz CT molecular complexity index is 8580. The first-order valence-electron chi connectivity index (χ1n) is 44.4. The molecule has 0 fully saturated rings. The first-order chi connectivity index (χ1) is 65.4. The second-order valence-electron chi connectivity index (χ2n) is 33.3. The zero-order valence-corrected chi connectivity index (χ0v) is 71.2. The fourth-order valence-electron chi connectivity index (χ4n) is 19.8. The predicted molar refractivity (Wildman–Crippen MR) is 537 cm³/mol. The molecular formula is C120H76N10O2. The number of hydrogen-bond donors (Lipinski definition) is 0. The molecule has 0 aliphatic heterocycles. The van der Waals surface area contributed by atoms with Gasteiger partial charge in [-0.2, -0.15) is 0 Å². The van der Waals surface area contributed by atoms with E-state index in [1.54, 1.807) is 0 Å². The van der Waals surface area contributed by atoms with Gasteiger partial charge in [0.2, 0.25) is 11.9 Å². The number of fused-ring (bicyclic) bond motifs is 19. The topological polar surface area (TPSA) is 131 Å². The van der Waals surface area contributed by atoms with Gasteiger partial charge in [0, 0.05) is 99.2 Å². The third kappa shape index (κ3) is 12.9. The summed E-state index contributed by atoms with van der Waals surface area (Å²) in [5, 5.41) is 11.4. The van der Waals surface area contributed by atoms with Crippen molar-refractivity contribution in [2.75, 3.05) is 0 Å². The number of hydrogen-bond acceptors (Lipinski definition) is 9. The number of nitrogens with zero attached hydrogens (tertiary/aromatic N) is 10. The van der Waals surface area contributed by atoms with Crippen LogP contribution in [0.4, 0.5) is 0 Å². The van der Waals surface area contributed by atoms with E-state index in [1.807, 2.05) is 133 Å². The highest BCUT2D eigenvalue weighted by Crippen LogP contribution is 2.59. The molecule has 0 spiro atoms. The third-order valence-corrected chi connectivity index (χ3v) is 25.8. The van der Waals surface area contributed by atoms with E-state index >= 15 is 0 Å². The molecule has 0 radical (unpaired) electrons. The number of benzene rings is 18. The number of furan rings is 2. The van der Waals surface area contributed by atoms with Crippen LogP contribution in [0, 0.1) is 0 Å². The lowest BCUT2D eigenvalue weighted by Gasteiger charge is -2.34. The quantitative estimate of drug-likeness (QED) is 0.117. The zero-order valence-electron chi connectivity index (χ0n) is 71.2. The molecule has 0 atom stereocenters. The van der Waals surface area contributed by atoms with Gasteiger partial charge in [-0.05, 0) is 124 Å². The number of para-hydroxylation sites is 6. The minimum absolute atomic E-state index is 0.620. The standard InChI is InChI=1S/C52H34N4.2C34H21N3O/c1-6-18-35(19-7-1)49-53-50(36-20-8-2-9-21-36)55-51(54-49)37-30-31-41-43-34-48-44(42-28-16-17-29-47(42)56(48)40-26-14-5-15-27-40)33-46(43)52(45(41)32-37,38-22-10-3-11-23-38)39-24-12-4-13-25-39;1-3-11-22(12-4-1)27-21-28(23-13-5-2-6-14-23)36-34(35-27)37-29-17-9-7-16-26(29)32-30(37)20-19-25-24-15-8-10-18-31(24)38-33(25)32;1-3-11-22(12-4-1)28-20-29(23-13-5-2-6-14-23)36-34(35-28)37-30-17-9-7-15-24(30)26-19-27-25-16-8-10-18-32(25)38-33(27)21-31(26)37/h1-34H;2*1-21H. The van der Waals surface area contributed by atoms with Gasteiger partial charge < -0.3 is 13.4 Å². The molecule has 0 N–H and O–H groups in total. The van der Waals surface area contributed by atoms with Crippen molar-refractivity contribution in [2.45, 2.75) is 5.41 Å². The summed E-state index contributed by atoms with van der Waals surface area (Å²) in [6, 6.07) is 161. The van der Waals surface area contributed by atoms with Crippen molar-refractivity contribution in [1.82, 2.24) is 48.6 Å². The summed E-state index contributed by atoms with van der Waals surface area (Å²) in [7, 11) is 0. The molecule has 8 heterocycles. The molecule has 26 aromatic rings. The largest absolute Gasteiger partial charge is 0.456 e. The van der Waals surface area contributed by atoms with E-state index in [9.17, 15) is 0 Å². The molecule has 1 aliphatic rings. The van der Waals surface area contributed by atoms with Crippen LogP contribution in [0.3, 0.4) is 0 Å². The van der Waals surface area contributed by atoms with Gasteiger partial charge in [-0.15, -0.1) is 0 Å². The van der Waals surface area contributed by atoms with E-state index in [1.165, 1.54) is 55.2 Å². The van der Waals surface area contributed by atoms with Gasteiger partial charge in [0.15, 0.2) is 17.5 Å². The molecular weight excluding hydrogens is 1610 g/mol. The average Bonchev–Trinajstić information content (AvgIpc) is 1.52. The minimum atomic E-state index is -0.620. The fourth-order valence-corrected chi connectivity index (χ4v) is 19.8. The van der Waals surface area contributed by atoms with Crippen LogP contribution in [0.5, 0.6) is 0 Å². The Labute approximate surface area is 758 Å². The third-order valence-electron chi connectivity index (χ3n) is 25.8. The number of aromatic nitrogens is 10. The van der Waals surface area contributed by atoms with E-state index < -0.39 is 5.41 Å². The van der Waals surface area contributed by atoms with E-state index in [2.05, 4.69) is 341 Å². The van der Waals surface area contributed by atoms with Gasteiger partial charge in [-0.1, -0.05) is 364 Å². The summed E-state index contributed by atoms with van der Waals surface area (Å²) in [5.74, 6) is 3.19. The van der Waals surface area contributed by atoms with Crippen molar-refractivity contribution in [3.05, 3.63) is 483 Å². The van der Waals surface area contributed by atoms with Gasteiger partial charge in [-0.3, -0.25) is 9.13 Å². The first-order valence-corrected chi connectivity index (χ1v) is 44.4. The summed E-state index contributed by atoms with van der Waals surface area (Å²) in [6.07, 6.45) is 0. The smallest absolute Gasteiger partial charge is 0.235 e. The maximum Gasteiger partial charge on any atom is 0.235 e. The summed E-state index contributed by atoms with van der Waals surface area (Å²) in [4.78, 5) is 35.8. The van der Waals surface area contributed by atoms with Crippen molar-refractivity contribution in [3.8, 4) is 108 Å². The van der Waals surface area contributed by atoms with Gasteiger partial charge in [0.25, 0.3) is 0 Å². The van der Waals surface area contributed by atoms with Crippen LogP contribution >= 0.6 is 0 Å². The first kappa shape index (κ1) is 76.6. The minimum Gasteiger partial charge on any atom is -0.456 e. The molecule has 27 rings (SSSR count). The van der Waals surface area contributed by atoms with Crippen molar-refractivity contribution >= 4 is 109 Å². The Kier molecular flexibility index (Phi) is 18.5. The van der Waals surface area contributed by atoms with E-state index in [-0.39, 0.29) is 0 Å². The van der Waals surface area contributed by atoms with Crippen molar-refractivity contribution in [1.29, 1.82) is 0 Å². The molecule has 132 heavy (non-hydrogen) atoms. The lowest BCUT2D eigenvalue weighted by atomic mass is 9.67. The van der Waals surface area contributed by atoms with Crippen LogP contribution in [0.15, 0.2) is 470 Å². The normalized spacial score (nSPS) is 12.2. The summed E-state index contributed by atoms with van der Waals surface area (Å²) in [6.45, 7) is 0. The maximum atomic E-state index is 6.45. The lowest BCUT2D eigenvalue weighted by molar-refractivity contribution is 0.669. The van der Waals surface area contributed by atoms with Gasteiger partial charge >= 0.3 is 0 Å². The number of rotatable bonds is 12. The van der Waals surface area contributed by atoms with Crippen LogP contribution in [0.2, 0.25) is 0 Å². The molecule has 0 unspecified atom stereocenters. The molecule has 1 aliphatic carbocycles. The molecule has 12 nitrogen and oxygen atoms in total. The molecule has 618 valence electrons. The Hall–Kier alpha value is -17.9. The SMILES string of the molecule is c1ccc(-c2cc(-c3ccccc3)nc(-n3c4ccccc4c4c5oc6ccccc6c5ccc43)n2)cc1.c1ccc(-c2cc(-c3ccccc3)nc(-n3c4ccccc4c4cc5c(cc43)oc3ccccc35)n2)cc1.c1ccc(-c2nc(-c3ccccc3)nc(-c3ccc4c(c3)C(c3ccccc3)(c3ccccc3)c3cc5c6ccccc6n(-c6ccccc6)c5cc3-4)n2)cc1. The molecule has 8 aromatic heterocycles. The highest BCUT2D eigenvalue weighted by Gasteiger charge is 2.47. The van der Waals surface area contributed by atoms with Crippen LogP contribution in [0.25, 0.3) is 217 Å². The van der Waals surface area contributed by atoms with Crippen LogP contribution in [-0.2, 0) is 5.41 Å². The van der Waals surface area contributed by atoms with Crippen LogP contribution in [0.1, 0.15) is 22.3 Å². The summed E-state index contributed by atoms with van der Waals surface area (Å²) < 4.78 is 19.5. The average molecular weight is 1690 g/mol. The Morgan fingerprint density at radius 2 is 0.568 bits per heavy atom. The Morgan fingerprint density at radius 1 is 0.197 bits per heavy atom. The van der Waals surface area contributed by atoms with E-state index in [0.717, 1.165) is 155 Å². The fraction of sp³-hybridized carbons (Fsp3) is 0.00833. The Balaban J connectivity index is 0.000000110. The molecule has 0 saturated carbocycles. The van der Waals surface area contributed by atoms with Gasteiger partial charge in [-0.25, -0.2) is 34.9 Å².